The van der Waals surface area contributed by atoms with Crippen molar-refractivity contribution in [3.63, 3.8) is 0 Å². The zero-order chi connectivity index (χ0) is 5.11. The summed E-state index contributed by atoms with van der Waals surface area (Å²) in [6.45, 7) is 0.597. The predicted molar refractivity (Wildman–Crippen MR) is 28.4 cm³/mol. The van der Waals surface area contributed by atoms with Gasteiger partial charge in [-0.1, -0.05) is 0 Å². The van der Waals surface area contributed by atoms with Gasteiger partial charge in [0.25, 0.3) is 0 Å². The second kappa shape index (κ2) is 1.80. The Hall–Kier alpha value is -0.760. The van der Waals surface area contributed by atoms with Gasteiger partial charge in [0, 0.05) is 18.9 Å². The molecule has 0 aromatic heterocycles. The molecular weight excluding hydrogens is 88.1 g/mol. The molecule has 1 rings (SSSR count). The van der Waals surface area contributed by atoms with Gasteiger partial charge in [-0.3, -0.25) is 5.32 Å². The van der Waals surface area contributed by atoms with E-state index in [4.69, 9.17) is 5.73 Å². The smallest absolute Gasteiger partial charge is 0.0313 e. The summed E-state index contributed by atoms with van der Waals surface area (Å²) in [6.07, 6.45) is 5.40. The number of hydrogen-bond acceptors (Lipinski definition) is 1. The molecule has 1 heterocycles. The highest BCUT2D eigenvalue weighted by Gasteiger charge is 1.91. The molecule has 2 N–H and O–H groups in total. The number of hydrogen-bond donors (Lipinski definition) is 1. The highest BCUT2D eigenvalue weighted by atomic mass is 14.8. The third-order valence-electron chi connectivity index (χ3n) is 0.851. The highest BCUT2D eigenvalue weighted by Crippen LogP contribution is 1.97. The molecular formula is C5H7N2. The number of rotatable bonds is 1. The second-order valence-electron chi connectivity index (χ2n) is 1.37. The third kappa shape index (κ3) is 0.810. The van der Waals surface area contributed by atoms with Crippen LogP contribution in [0.5, 0.6) is 0 Å². The molecule has 0 spiro atoms. The minimum absolute atomic E-state index is 0.597. The Morgan fingerprint density at radius 3 is 2.86 bits per heavy atom. The van der Waals surface area contributed by atoms with Crippen molar-refractivity contribution < 1.29 is 0 Å². The summed E-state index contributed by atoms with van der Waals surface area (Å²) < 4.78 is 0. The van der Waals surface area contributed by atoms with E-state index in [-0.39, 0.29) is 0 Å². The maximum atomic E-state index is 5.25. The standard InChI is InChI=1S/C5H7N2/c6-3-5-1-2-7-4-5/h1-2,4H,3,6H2. The molecule has 0 saturated carbocycles. The van der Waals surface area contributed by atoms with Crippen molar-refractivity contribution in [2.75, 3.05) is 6.54 Å². The summed E-state index contributed by atoms with van der Waals surface area (Å²) in [5.74, 6) is 0. The lowest BCUT2D eigenvalue weighted by atomic mass is 10.3. The molecule has 2 heteroatoms. The van der Waals surface area contributed by atoms with Crippen LogP contribution >= 0.6 is 0 Å². The Morgan fingerprint density at radius 2 is 2.57 bits per heavy atom. The minimum atomic E-state index is 0.597. The average molecular weight is 95.1 g/mol. The fourth-order valence-corrected chi connectivity index (χ4v) is 0.441. The van der Waals surface area contributed by atoms with E-state index in [1.165, 1.54) is 0 Å². The Labute approximate surface area is 42.7 Å². The molecule has 2 nitrogen and oxygen atoms in total. The van der Waals surface area contributed by atoms with Gasteiger partial charge in [0.2, 0.25) is 0 Å². The van der Waals surface area contributed by atoms with Crippen LogP contribution in [0, 0.1) is 0 Å². The van der Waals surface area contributed by atoms with Gasteiger partial charge in [0.05, 0.1) is 0 Å². The Morgan fingerprint density at radius 1 is 1.71 bits per heavy atom. The Kier molecular flexibility index (Phi) is 1.13. The van der Waals surface area contributed by atoms with Crippen molar-refractivity contribution in [3.05, 3.63) is 24.0 Å². The molecule has 0 aromatic carbocycles. The van der Waals surface area contributed by atoms with Crippen molar-refractivity contribution in [1.29, 1.82) is 0 Å². The van der Waals surface area contributed by atoms with Crippen LogP contribution in [0.3, 0.4) is 0 Å². The van der Waals surface area contributed by atoms with Gasteiger partial charge in [-0.05, 0) is 11.6 Å². The first kappa shape index (κ1) is 4.40. The van der Waals surface area contributed by atoms with Crippen molar-refractivity contribution in [3.8, 4) is 0 Å². The summed E-state index contributed by atoms with van der Waals surface area (Å²) in [6, 6.07) is 0. The quantitative estimate of drug-likeness (QED) is 0.487. The summed E-state index contributed by atoms with van der Waals surface area (Å²) in [7, 11) is 0. The molecule has 1 radical (unpaired) electrons. The fraction of sp³-hybridized carbons (Fsp3) is 0.200. The van der Waals surface area contributed by atoms with E-state index in [9.17, 15) is 0 Å². The molecule has 1 aliphatic heterocycles. The normalized spacial score (nSPS) is 16.4. The van der Waals surface area contributed by atoms with Gasteiger partial charge in [0.15, 0.2) is 0 Å². The monoisotopic (exact) mass is 95.1 g/mol. The lowest BCUT2D eigenvalue weighted by Gasteiger charge is -1.83. The average Bonchev–Trinajstić information content (AvgIpc) is 2.14. The summed E-state index contributed by atoms with van der Waals surface area (Å²) >= 11 is 0. The molecule has 0 saturated heterocycles. The van der Waals surface area contributed by atoms with Crippen LogP contribution in [0.1, 0.15) is 0 Å². The lowest BCUT2D eigenvalue weighted by molar-refractivity contribution is 1.15. The van der Waals surface area contributed by atoms with Gasteiger partial charge < -0.3 is 5.73 Å². The molecule has 1 aliphatic rings. The molecule has 0 aromatic rings. The first-order valence-electron chi connectivity index (χ1n) is 2.19. The molecule has 7 heavy (non-hydrogen) atoms. The topological polar surface area (TPSA) is 40.1 Å². The van der Waals surface area contributed by atoms with Crippen LogP contribution in [-0.4, -0.2) is 6.54 Å². The van der Waals surface area contributed by atoms with Crippen LogP contribution < -0.4 is 11.1 Å². The summed E-state index contributed by atoms with van der Waals surface area (Å²) in [4.78, 5) is 0. The maximum absolute atomic E-state index is 5.25. The zero-order valence-corrected chi connectivity index (χ0v) is 3.96. The van der Waals surface area contributed by atoms with Gasteiger partial charge in [0.1, 0.15) is 0 Å². The number of nitrogens with two attached hydrogens (primary N) is 1. The van der Waals surface area contributed by atoms with Gasteiger partial charge in [-0.2, -0.15) is 0 Å². The van der Waals surface area contributed by atoms with Crippen LogP contribution in [0.15, 0.2) is 24.0 Å². The first-order chi connectivity index (χ1) is 3.43. The van der Waals surface area contributed by atoms with E-state index in [1.54, 1.807) is 12.4 Å². The van der Waals surface area contributed by atoms with Crippen molar-refractivity contribution in [2.24, 2.45) is 5.73 Å². The largest absolute Gasteiger partial charge is 0.326 e. The van der Waals surface area contributed by atoms with Crippen LogP contribution in [0.25, 0.3) is 0 Å². The number of nitrogens with zero attached hydrogens (tertiary/aromatic N) is 1. The minimum Gasteiger partial charge on any atom is -0.326 e. The SMILES string of the molecule is NCC1=C[N]C=C1. The lowest BCUT2D eigenvalue weighted by Crippen LogP contribution is -1.99. The molecule has 0 atom stereocenters. The third-order valence-corrected chi connectivity index (χ3v) is 0.851. The Bertz CT molecular complexity index is 113. The van der Waals surface area contributed by atoms with Crippen molar-refractivity contribution >= 4 is 0 Å². The molecule has 0 aliphatic carbocycles. The van der Waals surface area contributed by atoms with E-state index >= 15 is 0 Å². The predicted octanol–water partition coefficient (Wildman–Crippen LogP) is -0.0393. The van der Waals surface area contributed by atoms with Crippen molar-refractivity contribution in [2.45, 2.75) is 0 Å². The van der Waals surface area contributed by atoms with E-state index in [1.807, 2.05) is 6.08 Å². The Balaban J connectivity index is 2.52. The first-order valence-corrected chi connectivity index (χ1v) is 2.19. The van der Waals surface area contributed by atoms with Gasteiger partial charge >= 0.3 is 0 Å². The zero-order valence-electron chi connectivity index (χ0n) is 3.96. The molecule has 0 amide bonds. The van der Waals surface area contributed by atoms with E-state index < -0.39 is 0 Å². The maximum Gasteiger partial charge on any atom is 0.0313 e. The van der Waals surface area contributed by atoms with Crippen LogP contribution in [0.4, 0.5) is 0 Å². The summed E-state index contributed by atoms with van der Waals surface area (Å²) in [5.41, 5.74) is 6.35. The van der Waals surface area contributed by atoms with Crippen LogP contribution in [0.2, 0.25) is 0 Å². The second-order valence-corrected chi connectivity index (χ2v) is 1.37. The van der Waals surface area contributed by atoms with Crippen molar-refractivity contribution in [1.82, 2.24) is 5.32 Å². The fourth-order valence-electron chi connectivity index (χ4n) is 0.441. The molecule has 37 valence electrons. The van der Waals surface area contributed by atoms with Gasteiger partial charge in [-0.15, -0.1) is 0 Å². The molecule has 0 bridgehead atoms. The van der Waals surface area contributed by atoms with Gasteiger partial charge in [-0.25, -0.2) is 0 Å². The van der Waals surface area contributed by atoms with Crippen LogP contribution in [-0.2, 0) is 0 Å². The van der Waals surface area contributed by atoms with E-state index in [0.717, 1.165) is 5.57 Å². The molecule has 0 unspecified atom stereocenters. The molecule has 0 fully saturated rings. The van der Waals surface area contributed by atoms with E-state index in [2.05, 4.69) is 5.32 Å². The summed E-state index contributed by atoms with van der Waals surface area (Å²) in [5, 5.41) is 3.81. The van der Waals surface area contributed by atoms with E-state index in [0.29, 0.717) is 6.54 Å². The highest BCUT2D eigenvalue weighted by molar-refractivity contribution is 5.24.